The summed E-state index contributed by atoms with van der Waals surface area (Å²) in [5.41, 5.74) is 1.19. The van der Waals surface area contributed by atoms with Crippen LogP contribution >= 0.6 is 11.8 Å². The number of hydrogen-bond donors (Lipinski definition) is 1. The number of pyridine rings is 2. The van der Waals surface area contributed by atoms with Gasteiger partial charge in [-0.3, -0.25) is 0 Å². The fourth-order valence-corrected chi connectivity index (χ4v) is 2.01. The van der Waals surface area contributed by atoms with E-state index in [0.717, 1.165) is 16.6 Å². The number of aromatic nitrogens is 2. The molecule has 0 aliphatic carbocycles. The molecule has 2 rings (SSSR count). The summed E-state index contributed by atoms with van der Waals surface area (Å²) in [6.45, 7) is 0.849. The molecule has 3 nitrogen and oxygen atoms in total. The van der Waals surface area contributed by atoms with Crippen molar-refractivity contribution in [2.24, 2.45) is 0 Å². The summed E-state index contributed by atoms with van der Waals surface area (Å²) in [6, 6.07) is 9.97. The molecule has 2 heterocycles. The van der Waals surface area contributed by atoms with Crippen LogP contribution in [-0.4, -0.2) is 17.0 Å². The van der Waals surface area contributed by atoms with Crippen molar-refractivity contribution in [2.45, 2.75) is 16.6 Å². The molecule has 0 spiro atoms. The van der Waals surface area contributed by atoms with Crippen LogP contribution in [0.15, 0.2) is 52.8 Å². The molecule has 2 aromatic heterocycles. The van der Waals surface area contributed by atoms with Crippen LogP contribution in [0.4, 0.5) is 0 Å². The highest BCUT2D eigenvalue weighted by Gasteiger charge is 1.99. The highest BCUT2D eigenvalue weighted by atomic mass is 32.2. The average Bonchev–Trinajstić information content (AvgIpc) is 2.33. The van der Waals surface area contributed by atoms with Gasteiger partial charge in [-0.2, -0.15) is 0 Å². The molecule has 16 heavy (non-hydrogen) atoms. The van der Waals surface area contributed by atoms with Crippen molar-refractivity contribution in [3.05, 3.63) is 48.3 Å². The SMILES string of the molecule is CNCc1ccc(Sc2ccccn2)nc1. The Morgan fingerprint density at radius 3 is 2.62 bits per heavy atom. The standard InChI is InChI=1S/C12H13N3S/c1-13-8-10-5-6-12(15-9-10)16-11-4-2-3-7-14-11/h2-7,9,13H,8H2,1H3. The highest BCUT2D eigenvalue weighted by Crippen LogP contribution is 2.23. The van der Waals surface area contributed by atoms with Gasteiger partial charge in [-0.1, -0.05) is 23.9 Å². The third-order valence-corrected chi connectivity index (χ3v) is 2.93. The Kier molecular flexibility index (Phi) is 3.91. The average molecular weight is 231 g/mol. The number of nitrogens with one attached hydrogen (secondary N) is 1. The lowest BCUT2D eigenvalue weighted by Crippen LogP contribution is -2.05. The van der Waals surface area contributed by atoms with E-state index in [0.29, 0.717) is 0 Å². The molecule has 0 fully saturated rings. The van der Waals surface area contributed by atoms with Gasteiger partial charge >= 0.3 is 0 Å². The molecule has 0 atom stereocenters. The van der Waals surface area contributed by atoms with E-state index < -0.39 is 0 Å². The molecular formula is C12H13N3S. The lowest BCUT2D eigenvalue weighted by Gasteiger charge is -2.02. The minimum absolute atomic E-state index is 0.849. The summed E-state index contributed by atoms with van der Waals surface area (Å²) < 4.78 is 0. The van der Waals surface area contributed by atoms with Gasteiger partial charge < -0.3 is 5.32 Å². The van der Waals surface area contributed by atoms with Gasteiger partial charge in [-0.25, -0.2) is 9.97 Å². The molecule has 0 radical (unpaired) electrons. The van der Waals surface area contributed by atoms with Crippen molar-refractivity contribution in [3.63, 3.8) is 0 Å². The van der Waals surface area contributed by atoms with Crippen LogP contribution < -0.4 is 5.32 Å². The Balaban J connectivity index is 2.05. The van der Waals surface area contributed by atoms with Gasteiger partial charge in [0.15, 0.2) is 0 Å². The lowest BCUT2D eigenvalue weighted by atomic mass is 10.3. The third kappa shape index (κ3) is 3.05. The predicted molar refractivity (Wildman–Crippen MR) is 65.4 cm³/mol. The van der Waals surface area contributed by atoms with Crippen LogP contribution in [0.25, 0.3) is 0 Å². The summed E-state index contributed by atoms with van der Waals surface area (Å²) in [7, 11) is 1.93. The molecule has 0 unspecified atom stereocenters. The third-order valence-electron chi connectivity index (χ3n) is 2.03. The van der Waals surface area contributed by atoms with Gasteiger partial charge in [-0.05, 0) is 30.8 Å². The maximum absolute atomic E-state index is 4.38. The summed E-state index contributed by atoms with van der Waals surface area (Å²) in [5, 5.41) is 5.03. The second kappa shape index (κ2) is 5.63. The summed E-state index contributed by atoms with van der Waals surface area (Å²) in [6.07, 6.45) is 3.68. The Morgan fingerprint density at radius 1 is 1.12 bits per heavy atom. The molecule has 0 saturated carbocycles. The first-order valence-electron chi connectivity index (χ1n) is 5.07. The van der Waals surface area contributed by atoms with E-state index in [1.54, 1.807) is 18.0 Å². The number of rotatable bonds is 4. The van der Waals surface area contributed by atoms with Crippen molar-refractivity contribution in [1.82, 2.24) is 15.3 Å². The van der Waals surface area contributed by atoms with E-state index in [4.69, 9.17) is 0 Å². The molecule has 0 saturated heterocycles. The Labute approximate surface area is 99.3 Å². The lowest BCUT2D eigenvalue weighted by molar-refractivity contribution is 0.809. The van der Waals surface area contributed by atoms with E-state index in [1.165, 1.54) is 5.56 Å². The van der Waals surface area contributed by atoms with Gasteiger partial charge in [0.05, 0.1) is 0 Å². The van der Waals surface area contributed by atoms with Crippen LogP contribution in [0.5, 0.6) is 0 Å². The van der Waals surface area contributed by atoms with Crippen LogP contribution in [0.2, 0.25) is 0 Å². The molecule has 4 heteroatoms. The quantitative estimate of drug-likeness (QED) is 0.876. The monoisotopic (exact) mass is 231 g/mol. The second-order valence-electron chi connectivity index (χ2n) is 3.31. The predicted octanol–water partition coefficient (Wildman–Crippen LogP) is 2.35. The molecule has 0 bridgehead atoms. The van der Waals surface area contributed by atoms with Crippen LogP contribution in [0.3, 0.4) is 0 Å². The van der Waals surface area contributed by atoms with Crippen molar-refractivity contribution in [2.75, 3.05) is 7.05 Å². The van der Waals surface area contributed by atoms with Crippen molar-refractivity contribution >= 4 is 11.8 Å². The molecule has 0 aliphatic heterocycles. The fourth-order valence-electron chi connectivity index (χ4n) is 1.29. The maximum Gasteiger partial charge on any atom is 0.102 e. The van der Waals surface area contributed by atoms with Gasteiger partial charge in [0, 0.05) is 18.9 Å². The van der Waals surface area contributed by atoms with Crippen LogP contribution in [0, 0.1) is 0 Å². The first-order valence-corrected chi connectivity index (χ1v) is 5.88. The van der Waals surface area contributed by atoms with Gasteiger partial charge in [0.2, 0.25) is 0 Å². The molecule has 1 N–H and O–H groups in total. The first kappa shape index (κ1) is 11.1. The molecule has 0 aromatic carbocycles. The normalized spacial score (nSPS) is 10.3. The Bertz CT molecular complexity index is 428. The molecule has 0 amide bonds. The zero-order valence-corrected chi connectivity index (χ0v) is 9.87. The topological polar surface area (TPSA) is 37.8 Å². The van der Waals surface area contributed by atoms with E-state index in [2.05, 4.69) is 21.4 Å². The molecular weight excluding hydrogens is 218 g/mol. The Hall–Kier alpha value is -1.39. The van der Waals surface area contributed by atoms with Crippen LogP contribution in [0.1, 0.15) is 5.56 Å². The van der Waals surface area contributed by atoms with Crippen molar-refractivity contribution < 1.29 is 0 Å². The number of hydrogen-bond acceptors (Lipinski definition) is 4. The summed E-state index contributed by atoms with van der Waals surface area (Å²) >= 11 is 1.57. The van der Waals surface area contributed by atoms with Gasteiger partial charge in [-0.15, -0.1) is 0 Å². The zero-order valence-electron chi connectivity index (χ0n) is 9.05. The van der Waals surface area contributed by atoms with Crippen molar-refractivity contribution in [3.8, 4) is 0 Å². The minimum Gasteiger partial charge on any atom is -0.316 e. The van der Waals surface area contributed by atoms with Crippen molar-refractivity contribution in [1.29, 1.82) is 0 Å². The molecule has 82 valence electrons. The summed E-state index contributed by atoms with van der Waals surface area (Å²) in [5.74, 6) is 0. The van der Waals surface area contributed by atoms with E-state index >= 15 is 0 Å². The summed E-state index contributed by atoms with van der Waals surface area (Å²) in [4.78, 5) is 8.62. The maximum atomic E-state index is 4.38. The van der Waals surface area contributed by atoms with E-state index in [9.17, 15) is 0 Å². The fraction of sp³-hybridized carbons (Fsp3) is 0.167. The Morgan fingerprint density at radius 2 is 2.00 bits per heavy atom. The minimum atomic E-state index is 0.849. The van der Waals surface area contributed by atoms with E-state index in [-0.39, 0.29) is 0 Å². The molecule has 2 aromatic rings. The second-order valence-corrected chi connectivity index (χ2v) is 4.35. The van der Waals surface area contributed by atoms with E-state index in [1.807, 2.05) is 37.5 Å². The zero-order chi connectivity index (χ0) is 11.2. The smallest absolute Gasteiger partial charge is 0.102 e. The van der Waals surface area contributed by atoms with Crippen LogP contribution in [-0.2, 0) is 6.54 Å². The molecule has 0 aliphatic rings. The van der Waals surface area contributed by atoms with Gasteiger partial charge in [0.1, 0.15) is 10.1 Å². The van der Waals surface area contributed by atoms with Gasteiger partial charge in [0.25, 0.3) is 0 Å². The largest absolute Gasteiger partial charge is 0.316 e. The number of nitrogens with zero attached hydrogens (tertiary/aromatic N) is 2. The first-order chi connectivity index (χ1) is 7.88. The highest BCUT2D eigenvalue weighted by molar-refractivity contribution is 7.99.